The second kappa shape index (κ2) is 7.93. The van der Waals surface area contributed by atoms with E-state index in [1.165, 1.54) is 27.8 Å². The largest absolute Gasteiger partial charge is 0.325 e. The molecule has 0 saturated carbocycles. The fraction of sp³-hybridized carbons (Fsp3) is 0.130. The number of aromatic nitrogens is 2. The Bertz CT molecular complexity index is 1360. The molecule has 6 nitrogen and oxygen atoms in total. The Hall–Kier alpha value is -3.76. The van der Waals surface area contributed by atoms with Crippen LogP contribution in [0.4, 0.5) is 5.69 Å². The number of aryl methyl sites for hydroxylation is 2. The molecule has 2 aromatic heterocycles. The molecule has 0 aliphatic rings. The second-order valence-electron chi connectivity index (χ2n) is 7.04. The van der Waals surface area contributed by atoms with Gasteiger partial charge in [-0.1, -0.05) is 18.2 Å². The first-order valence-corrected chi connectivity index (χ1v) is 10.2. The highest BCUT2D eigenvalue weighted by atomic mass is 32.1. The first-order chi connectivity index (χ1) is 14.5. The van der Waals surface area contributed by atoms with Crippen molar-refractivity contribution in [3.63, 3.8) is 0 Å². The Morgan fingerprint density at radius 1 is 1.17 bits per heavy atom. The van der Waals surface area contributed by atoms with E-state index in [1.807, 2.05) is 37.4 Å². The normalized spacial score (nSPS) is 10.7. The number of rotatable bonds is 4. The molecular formula is C23H18N4O2S. The van der Waals surface area contributed by atoms with Crippen LogP contribution in [-0.4, -0.2) is 15.5 Å². The lowest BCUT2D eigenvalue weighted by Gasteiger charge is -2.08. The molecule has 0 unspecified atom stereocenters. The van der Waals surface area contributed by atoms with E-state index >= 15 is 0 Å². The Labute approximate surface area is 177 Å². The maximum atomic E-state index is 13.1. The van der Waals surface area contributed by atoms with Crippen molar-refractivity contribution in [2.45, 2.75) is 20.4 Å². The molecule has 0 saturated heterocycles. The van der Waals surface area contributed by atoms with Gasteiger partial charge in [-0.25, -0.2) is 4.98 Å². The van der Waals surface area contributed by atoms with Crippen LogP contribution in [-0.2, 0) is 11.3 Å². The third kappa shape index (κ3) is 3.73. The zero-order valence-corrected chi connectivity index (χ0v) is 17.3. The summed E-state index contributed by atoms with van der Waals surface area (Å²) in [5.74, 6) is -0.342. The van der Waals surface area contributed by atoms with Gasteiger partial charge in [0, 0.05) is 16.6 Å². The summed E-state index contributed by atoms with van der Waals surface area (Å²) in [6.07, 6.45) is 1.41. The molecule has 7 heteroatoms. The van der Waals surface area contributed by atoms with E-state index in [0.717, 1.165) is 16.7 Å². The minimum Gasteiger partial charge on any atom is -0.325 e. The van der Waals surface area contributed by atoms with E-state index in [-0.39, 0.29) is 18.0 Å². The average Bonchev–Trinajstić information content (AvgIpc) is 3.17. The van der Waals surface area contributed by atoms with Crippen LogP contribution in [0.1, 0.15) is 16.7 Å². The third-order valence-electron chi connectivity index (χ3n) is 4.99. The summed E-state index contributed by atoms with van der Waals surface area (Å²) in [6, 6.07) is 14.7. The molecule has 0 fully saturated rings. The smallest absolute Gasteiger partial charge is 0.263 e. The van der Waals surface area contributed by atoms with Crippen molar-refractivity contribution in [3.05, 3.63) is 81.2 Å². The number of carbonyl (C=O) groups is 1. The lowest BCUT2D eigenvalue weighted by atomic mass is 10.0. The van der Waals surface area contributed by atoms with E-state index in [4.69, 9.17) is 5.26 Å². The standard InChI is InChI=1S/C23H18N4O2S/c1-14-3-6-17(9-15(14)2)19-12-30-22-21(19)23(29)27(13-25-22)11-20(28)26-18-7-4-16(10-24)5-8-18/h3-9,12-13H,11H2,1-2H3,(H,26,28). The molecule has 2 aromatic carbocycles. The predicted octanol–water partition coefficient (Wildman–Crippen LogP) is 4.25. The monoisotopic (exact) mass is 414 g/mol. The summed E-state index contributed by atoms with van der Waals surface area (Å²) in [6.45, 7) is 3.94. The van der Waals surface area contributed by atoms with Gasteiger partial charge in [-0.15, -0.1) is 11.3 Å². The highest BCUT2D eigenvalue weighted by molar-refractivity contribution is 7.17. The molecule has 0 radical (unpaired) electrons. The number of carbonyl (C=O) groups excluding carboxylic acids is 1. The minimum absolute atomic E-state index is 0.149. The topological polar surface area (TPSA) is 87.8 Å². The number of nitrogens with one attached hydrogen (secondary N) is 1. The van der Waals surface area contributed by atoms with Crippen LogP contribution < -0.4 is 10.9 Å². The molecule has 2 heterocycles. The summed E-state index contributed by atoms with van der Waals surface area (Å²) in [5.41, 5.74) is 4.96. The molecule has 0 aliphatic carbocycles. The van der Waals surface area contributed by atoms with Gasteiger partial charge in [-0.3, -0.25) is 14.2 Å². The quantitative estimate of drug-likeness (QED) is 0.541. The third-order valence-corrected chi connectivity index (χ3v) is 5.88. The molecule has 148 valence electrons. The van der Waals surface area contributed by atoms with E-state index in [2.05, 4.69) is 16.4 Å². The van der Waals surface area contributed by atoms with Gasteiger partial charge in [0.15, 0.2) is 0 Å². The van der Waals surface area contributed by atoms with Crippen LogP contribution in [0.3, 0.4) is 0 Å². The van der Waals surface area contributed by atoms with Crippen molar-refractivity contribution < 1.29 is 4.79 Å². The van der Waals surface area contributed by atoms with Crippen LogP contribution in [0.25, 0.3) is 21.3 Å². The van der Waals surface area contributed by atoms with Crippen LogP contribution in [0.2, 0.25) is 0 Å². The maximum absolute atomic E-state index is 13.1. The van der Waals surface area contributed by atoms with Crippen LogP contribution in [0.5, 0.6) is 0 Å². The number of fused-ring (bicyclic) bond motifs is 1. The highest BCUT2D eigenvalue weighted by Crippen LogP contribution is 2.31. The molecule has 1 amide bonds. The summed E-state index contributed by atoms with van der Waals surface area (Å²) in [4.78, 5) is 30.6. The molecule has 0 aliphatic heterocycles. The van der Waals surface area contributed by atoms with Crippen molar-refractivity contribution in [1.29, 1.82) is 5.26 Å². The van der Waals surface area contributed by atoms with Crippen LogP contribution >= 0.6 is 11.3 Å². The van der Waals surface area contributed by atoms with Crippen LogP contribution in [0.15, 0.2) is 59.0 Å². The molecule has 0 atom stereocenters. The van der Waals surface area contributed by atoms with Gasteiger partial charge in [0.2, 0.25) is 5.91 Å². The van der Waals surface area contributed by atoms with Crippen molar-refractivity contribution >= 4 is 33.1 Å². The second-order valence-corrected chi connectivity index (χ2v) is 7.90. The molecular weight excluding hydrogens is 396 g/mol. The van der Waals surface area contributed by atoms with Gasteiger partial charge in [0.25, 0.3) is 5.56 Å². The van der Waals surface area contributed by atoms with Crippen molar-refractivity contribution in [3.8, 4) is 17.2 Å². The van der Waals surface area contributed by atoms with Gasteiger partial charge in [-0.05, 0) is 54.8 Å². The lowest BCUT2D eigenvalue weighted by molar-refractivity contribution is -0.116. The zero-order valence-electron chi connectivity index (χ0n) is 16.5. The van der Waals surface area contributed by atoms with E-state index in [0.29, 0.717) is 21.5 Å². The molecule has 4 rings (SSSR count). The number of hydrogen-bond acceptors (Lipinski definition) is 5. The lowest BCUT2D eigenvalue weighted by Crippen LogP contribution is -2.27. The van der Waals surface area contributed by atoms with Crippen molar-refractivity contribution in [1.82, 2.24) is 9.55 Å². The van der Waals surface area contributed by atoms with Gasteiger partial charge >= 0.3 is 0 Å². The summed E-state index contributed by atoms with van der Waals surface area (Å²) < 4.78 is 1.32. The average molecular weight is 414 g/mol. The number of thiophene rings is 1. The number of nitrogens with zero attached hydrogens (tertiary/aromatic N) is 3. The summed E-state index contributed by atoms with van der Waals surface area (Å²) in [5, 5.41) is 14.1. The first kappa shape index (κ1) is 19.6. The molecule has 0 bridgehead atoms. The summed E-state index contributed by atoms with van der Waals surface area (Å²) >= 11 is 1.42. The van der Waals surface area contributed by atoms with Gasteiger partial charge in [0.05, 0.1) is 23.3 Å². The molecule has 30 heavy (non-hydrogen) atoms. The van der Waals surface area contributed by atoms with Gasteiger partial charge in [-0.2, -0.15) is 5.26 Å². The fourth-order valence-corrected chi connectivity index (χ4v) is 4.09. The van der Waals surface area contributed by atoms with E-state index in [1.54, 1.807) is 24.3 Å². The molecule has 4 aromatic rings. The number of nitriles is 1. The Kier molecular flexibility index (Phi) is 5.17. The number of hydrogen-bond donors (Lipinski definition) is 1. The highest BCUT2D eigenvalue weighted by Gasteiger charge is 2.15. The van der Waals surface area contributed by atoms with Crippen LogP contribution in [0, 0.1) is 25.2 Å². The predicted molar refractivity (Wildman–Crippen MR) is 119 cm³/mol. The number of anilines is 1. The fourth-order valence-electron chi connectivity index (χ4n) is 3.18. The van der Waals surface area contributed by atoms with E-state index in [9.17, 15) is 9.59 Å². The van der Waals surface area contributed by atoms with Gasteiger partial charge < -0.3 is 5.32 Å². The van der Waals surface area contributed by atoms with Crippen molar-refractivity contribution in [2.24, 2.45) is 0 Å². The Morgan fingerprint density at radius 3 is 2.63 bits per heavy atom. The van der Waals surface area contributed by atoms with Crippen molar-refractivity contribution in [2.75, 3.05) is 5.32 Å². The first-order valence-electron chi connectivity index (χ1n) is 9.30. The summed E-state index contributed by atoms with van der Waals surface area (Å²) in [7, 11) is 0. The number of benzene rings is 2. The maximum Gasteiger partial charge on any atom is 0.263 e. The zero-order chi connectivity index (χ0) is 21.3. The molecule has 0 spiro atoms. The molecule has 1 N–H and O–H groups in total. The van der Waals surface area contributed by atoms with Gasteiger partial charge in [0.1, 0.15) is 11.4 Å². The number of amides is 1. The Morgan fingerprint density at radius 2 is 1.93 bits per heavy atom. The SMILES string of the molecule is Cc1ccc(-c2csc3ncn(CC(=O)Nc4ccc(C#N)cc4)c(=O)c23)cc1C. The van der Waals surface area contributed by atoms with E-state index < -0.39 is 0 Å². The Balaban J connectivity index is 1.64. The minimum atomic E-state index is -0.342.